The van der Waals surface area contributed by atoms with Gasteiger partial charge < -0.3 is 10.1 Å². The van der Waals surface area contributed by atoms with Crippen LogP contribution in [0.25, 0.3) is 10.9 Å². The van der Waals surface area contributed by atoms with Crippen LogP contribution in [0, 0.1) is 6.92 Å². The maximum absolute atomic E-state index is 11.8. The molecule has 36 heavy (non-hydrogen) atoms. The van der Waals surface area contributed by atoms with E-state index in [1.165, 1.54) is 5.56 Å². The van der Waals surface area contributed by atoms with E-state index in [-0.39, 0.29) is 12.2 Å². The van der Waals surface area contributed by atoms with Gasteiger partial charge >= 0.3 is 0 Å². The molecule has 0 unspecified atom stereocenters. The molecule has 0 saturated heterocycles. The van der Waals surface area contributed by atoms with Crippen LogP contribution in [0.4, 0.5) is 11.6 Å². The number of aromatic amines is 3. The lowest BCUT2D eigenvalue weighted by Gasteiger charge is -2.29. The number of hydrogen-bond acceptors (Lipinski definition) is 7. The molecule has 0 aliphatic carbocycles. The minimum Gasteiger partial charge on any atom is -0.486 e. The summed E-state index contributed by atoms with van der Waals surface area (Å²) in [4.78, 5) is 23.8. The Morgan fingerprint density at radius 3 is 2.81 bits per heavy atom. The lowest BCUT2D eigenvalue weighted by Crippen LogP contribution is -2.32. The third-order valence-electron chi connectivity index (χ3n) is 6.30. The Balaban J connectivity index is 1.26. The summed E-state index contributed by atoms with van der Waals surface area (Å²) in [5.41, 5.74) is 4.89. The summed E-state index contributed by atoms with van der Waals surface area (Å²) in [6.45, 7) is 4.70. The van der Waals surface area contributed by atoms with Crippen molar-refractivity contribution in [1.82, 2.24) is 35.3 Å². The van der Waals surface area contributed by atoms with Gasteiger partial charge in [-0.3, -0.25) is 25.0 Å². The zero-order chi connectivity index (χ0) is 24.5. The van der Waals surface area contributed by atoms with Crippen molar-refractivity contribution in [2.75, 3.05) is 11.9 Å². The Hall–Kier alpha value is -4.44. The van der Waals surface area contributed by atoms with Crippen molar-refractivity contribution in [1.29, 1.82) is 0 Å². The Bertz CT molecular complexity index is 1570. The molecule has 1 aliphatic heterocycles. The number of hydrogen-bond donors (Lipinski definition) is 4. The molecule has 0 bridgehead atoms. The lowest BCUT2D eigenvalue weighted by molar-refractivity contribution is 0.241. The van der Waals surface area contributed by atoms with Crippen LogP contribution in [0.5, 0.6) is 5.75 Å². The van der Waals surface area contributed by atoms with E-state index >= 15 is 0 Å². The second-order valence-electron chi connectivity index (χ2n) is 9.00. The van der Waals surface area contributed by atoms with Gasteiger partial charge in [0.05, 0.1) is 16.6 Å². The number of ether oxygens (including phenoxy) is 1. The Labute approximate surface area is 206 Å². The number of H-pyrrole nitrogens is 3. The monoisotopic (exact) mass is 482 g/mol. The number of aryl methyl sites for hydroxylation is 1. The number of benzene rings is 2. The van der Waals surface area contributed by atoms with E-state index in [4.69, 9.17) is 14.7 Å². The van der Waals surface area contributed by atoms with Crippen LogP contribution in [-0.2, 0) is 26.1 Å². The van der Waals surface area contributed by atoms with Crippen molar-refractivity contribution >= 4 is 22.5 Å². The average molecular weight is 483 g/mol. The summed E-state index contributed by atoms with van der Waals surface area (Å²) in [5.74, 6) is 2.67. The van der Waals surface area contributed by atoms with Gasteiger partial charge in [0.2, 0.25) is 0 Å². The van der Waals surface area contributed by atoms with E-state index in [1.807, 2.05) is 19.1 Å². The number of aromatic nitrogens is 6. The number of anilines is 2. The van der Waals surface area contributed by atoms with Crippen molar-refractivity contribution in [2.24, 2.45) is 0 Å². The maximum atomic E-state index is 11.8. The van der Waals surface area contributed by atoms with Crippen LogP contribution in [0.1, 0.15) is 28.3 Å². The third kappa shape index (κ3) is 4.58. The van der Waals surface area contributed by atoms with Gasteiger partial charge in [-0.05, 0) is 24.6 Å². The van der Waals surface area contributed by atoms with Gasteiger partial charge in [-0.1, -0.05) is 30.3 Å². The fourth-order valence-electron chi connectivity index (χ4n) is 4.52. The SMILES string of the molecule is Cc1cc(Nc2nc(COc3ccc4c(=O)[nH][nH]c4c3)nc3c2CN(Cc2ccccc2)CC3)n[nH]1. The second kappa shape index (κ2) is 9.31. The number of fused-ring (bicyclic) bond motifs is 2. The van der Waals surface area contributed by atoms with Gasteiger partial charge in [-0.2, -0.15) is 5.10 Å². The van der Waals surface area contributed by atoms with Gasteiger partial charge in [-0.25, -0.2) is 9.97 Å². The van der Waals surface area contributed by atoms with Gasteiger partial charge in [0, 0.05) is 49.4 Å². The molecule has 2 aromatic carbocycles. The molecule has 182 valence electrons. The standard InChI is InChI=1S/C26H26N8O2/c1-16-11-23(32-30-16)28-25-20-14-34(13-17-5-3-2-4-6-17)10-9-21(20)27-24(29-25)15-36-18-7-8-19-22(12-18)31-33-26(19)35/h2-8,11-12H,9-10,13-15H2,1H3,(H2,31,33,35)(H2,27,28,29,30,32). The van der Waals surface area contributed by atoms with Crippen LogP contribution in [0.3, 0.4) is 0 Å². The summed E-state index contributed by atoms with van der Waals surface area (Å²) >= 11 is 0. The van der Waals surface area contributed by atoms with Crippen molar-refractivity contribution in [3.8, 4) is 5.75 Å². The van der Waals surface area contributed by atoms with Crippen molar-refractivity contribution in [3.05, 3.63) is 93.3 Å². The second-order valence-corrected chi connectivity index (χ2v) is 9.00. The quantitative estimate of drug-likeness (QED) is 0.279. The molecule has 0 radical (unpaired) electrons. The molecule has 0 spiro atoms. The van der Waals surface area contributed by atoms with E-state index in [0.29, 0.717) is 28.3 Å². The summed E-state index contributed by atoms with van der Waals surface area (Å²) in [7, 11) is 0. The highest BCUT2D eigenvalue weighted by molar-refractivity contribution is 5.79. The first kappa shape index (κ1) is 22.1. The van der Waals surface area contributed by atoms with E-state index in [1.54, 1.807) is 18.2 Å². The largest absolute Gasteiger partial charge is 0.486 e. The minimum atomic E-state index is -0.153. The van der Waals surface area contributed by atoms with Gasteiger partial charge in [0.25, 0.3) is 5.56 Å². The molecule has 0 amide bonds. The van der Waals surface area contributed by atoms with Gasteiger partial charge in [0.15, 0.2) is 11.6 Å². The first-order valence-electron chi connectivity index (χ1n) is 11.9. The molecule has 0 atom stereocenters. The first-order chi connectivity index (χ1) is 17.6. The van der Waals surface area contributed by atoms with E-state index in [0.717, 1.165) is 48.8 Å². The smallest absolute Gasteiger partial charge is 0.271 e. The highest BCUT2D eigenvalue weighted by Gasteiger charge is 2.23. The molecule has 10 nitrogen and oxygen atoms in total. The van der Waals surface area contributed by atoms with Crippen LogP contribution < -0.4 is 15.6 Å². The zero-order valence-electron chi connectivity index (χ0n) is 19.8. The normalized spacial score (nSPS) is 13.6. The Morgan fingerprint density at radius 1 is 1.08 bits per heavy atom. The molecule has 4 heterocycles. The highest BCUT2D eigenvalue weighted by atomic mass is 16.5. The lowest BCUT2D eigenvalue weighted by atomic mass is 10.0. The zero-order valence-corrected chi connectivity index (χ0v) is 19.8. The number of rotatable bonds is 7. The first-order valence-corrected chi connectivity index (χ1v) is 11.9. The summed E-state index contributed by atoms with van der Waals surface area (Å²) in [6.07, 6.45) is 0.822. The molecular weight excluding hydrogens is 456 g/mol. The third-order valence-corrected chi connectivity index (χ3v) is 6.30. The predicted molar refractivity (Wildman–Crippen MR) is 136 cm³/mol. The molecule has 5 aromatic rings. The Kier molecular flexibility index (Phi) is 5.70. The van der Waals surface area contributed by atoms with Crippen molar-refractivity contribution < 1.29 is 4.74 Å². The van der Waals surface area contributed by atoms with Crippen LogP contribution in [0.2, 0.25) is 0 Å². The maximum Gasteiger partial charge on any atom is 0.271 e. The number of nitrogens with zero attached hydrogens (tertiary/aromatic N) is 4. The molecule has 4 N–H and O–H groups in total. The molecular formula is C26H26N8O2. The molecule has 10 heteroatoms. The fourth-order valence-corrected chi connectivity index (χ4v) is 4.52. The van der Waals surface area contributed by atoms with Crippen LogP contribution in [-0.4, -0.2) is 41.8 Å². The molecule has 6 rings (SSSR count). The predicted octanol–water partition coefficient (Wildman–Crippen LogP) is 3.56. The average Bonchev–Trinajstić information content (AvgIpc) is 3.48. The molecule has 0 fully saturated rings. The van der Waals surface area contributed by atoms with Gasteiger partial charge in [0.1, 0.15) is 18.2 Å². The summed E-state index contributed by atoms with van der Waals surface area (Å²) in [5, 5.41) is 16.7. The summed E-state index contributed by atoms with van der Waals surface area (Å²) < 4.78 is 5.99. The van der Waals surface area contributed by atoms with Crippen LogP contribution >= 0.6 is 0 Å². The van der Waals surface area contributed by atoms with Crippen LogP contribution in [0.15, 0.2) is 59.4 Å². The highest BCUT2D eigenvalue weighted by Crippen LogP contribution is 2.28. The number of nitrogens with one attached hydrogen (secondary N) is 4. The topological polar surface area (TPSA) is 128 Å². The van der Waals surface area contributed by atoms with Crippen molar-refractivity contribution in [3.63, 3.8) is 0 Å². The van der Waals surface area contributed by atoms with Crippen molar-refractivity contribution in [2.45, 2.75) is 33.0 Å². The molecule has 1 aliphatic rings. The molecule has 3 aromatic heterocycles. The van der Waals surface area contributed by atoms with Gasteiger partial charge in [-0.15, -0.1) is 0 Å². The fraction of sp³-hybridized carbons (Fsp3) is 0.231. The Morgan fingerprint density at radius 2 is 1.97 bits per heavy atom. The van der Waals surface area contributed by atoms with E-state index in [2.05, 4.69) is 54.9 Å². The van der Waals surface area contributed by atoms with E-state index < -0.39 is 0 Å². The van der Waals surface area contributed by atoms with E-state index in [9.17, 15) is 4.79 Å². The summed E-state index contributed by atoms with van der Waals surface area (Å²) in [6, 6.07) is 17.7. The minimum absolute atomic E-state index is 0.153. The molecule has 0 saturated carbocycles.